The second-order valence-corrected chi connectivity index (χ2v) is 7.40. The van der Waals surface area contributed by atoms with E-state index in [1.807, 2.05) is 0 Å². The first-order valence-corrected chi connectivity index (χ1v) is 8.35. The lowest BCUT2D eigenvalue weighted by Gasteiger charge is -2.07. The Labute approximate surface area is 131 Å². The summed E-state index contributed by atoms with van der Waals surface area (Å²) >= 11 is 5.79. The molecule has 0 unspecified atom stereocenters. The average Bonchev–Trinajstić information content (AvgIpc) is 2.87. The molecule has 0 aromatic carbocycles. The molecule has 0 saturated heterocycles. The summed E-state index contributed by atoms with van der Waals surface area (Å²) in [7, 11) is -2.36. The van der Waals surface area contributed by atoms with Crippen LogP contribution in [0.2, 0.25) is 0 Å². The van der Waals surface area contributed by atoms with Gasteiger partial charge in [-0.3, -0.25) is 0 Å². The molecule has 0 aliphatic rings. The second kappa shape index (κ2) is 5.92. The Bertz CT molecular complexity index is 786. The second-order valence-electron chi connectivity index (χ2n) is 3.96. The van der Waals surface area contributed by atoms with E-state index in [0.29, 0.717) is 10.6 Å². The molecule has 2 rings (SSSR count). The standard InChI is InChI=1S/C11H12N4O3S3/c1-6-5-8(18-2)14-11(13-6)15-21(16,17)9-4-3-7(20-9)10(12)19/h3-5H,1-2H3,(H2,12,19)(H,13,14,15). The minimum Gasteiger partial charge on any atom is -0.481 e. The number of thiophene rings is 1. The van der Waals surface area contributed by atoms with Gasteiger partial charge in [0.1, 0.15) is 9.20 Å². The van der Waals surface area contributed by atoms with Crippen molar-refractivity contribution in [2.24, 2.45) is 5.73 Å². The van der Waals surface area contributed by atoms with Crippen LogP contribution in [-0.4, -0.2) is 30.5 Å². The van der Waals surface area contributed by atoms with E-state index < -0.39 is 10.0 Å². The Morgan fingerprint density at radius 3 is 2.71 bits per heavy atom. The lowest BCUT2D eigenvalue weighted by Crippen LogP contribution is -2.14. The molecule has 0 fully saturated rings. The normalized spacial score (nSPS) is 11.1. The van der Waals surface area contributed by atoms with E-state index in [1.165, 1.54) is 13.2 Å². The molecular formula is C11H12N4O3S3. The number of nitrogens with one attached hydrogen (secondary N) is 1. The Hall–Kier alpha value is -1.78. The Kier molecular flexibility index (Phi) is 4.40. The highest BCUT2D eigenvalue weighted by molar-refractivity contribution is 7.94. The zero-order valence-corrected chi connectivity index (χ0v) is 13.6. The Balaban J connectivity index is 2.32. The summed E-state index contributed by atoms with van der Waals surface area (Å²) in [4.78, 5) is 8.61. The molecule has 0 bridgehead atoms. The van der Waals surface area contributed by atoms with Gasteiger partial charge >= 0.3 is 0 Å². The molecule has 0 amide bonds. The highest BCUT2D eigenvalue weighted by Crippen LogP contribution is 2.23. The van der Waals surface area contributed by atoms with E-state index in [4.69, 9.17) is 22.7 Å². The van der Waals surface area contributed by atoms with Crippen molar-refractivity contribution in [1.29, 1.82) is 0 Å². The van der Waals surface area contributed by atoms with Crippen molar-refractivity contribution in [3.05, 3.63) is 28.8 Å². The van der Waals surface area contributed by atoms with Gasteiger partial charge in [0.25, 0.3) is 10.0 Å². The van der Waals surface area contributed by atoms with Crippen LogP contribution in [0.15, 0.2) is 22.4 Å². The number of nitrogens with two attached hydrogens (primary N) is 1. The van der Waals surface area contributed by atoms with Crippen LogP contribution >= 0.6 is 23.6 Å². The van der Waals surface area contributed by atoms with Crippen molar-refractivity contribution in [1.82, 2.24) is 9.97 Å². The minimum atomic E-state index is -3.79. The number of hydrogen-bond donors (Lipinski definition) is 2. The molecule has 2 heterocycles. The first kappa shape index (κ1) is 15.6. The van der Waals surface area contributed by atoms with Gasteiger partial charge in [-0.2, -0.15) is 4.98 Å². The van der Waals surface area contributed by atoms with Gasteiger partial charge in [-0.25, -0.2) is 18.1 Å². The first-order valence-electron chi connectivity index (χ1n) is 5.64. The van der Waals surface area contributed by atoms with E-state index in [1.54, 1.807) is 19.1 Å². The van der Waals surface area contributed by atoms with Crippen LogP contribution in [0.5, 0.6) is 5.88 Å². The van der Waals surface area contributed by atoms with Crippen LogP contribution in [0.25, 0.3) is 0 Å². The molecule has 2 aromatic rings. The van der Waals surface area contributed by atoms with Crippen molar-refractivity contribution in [2.45, 2.75) is 11.1 Å². The number of thiocarbonyl (C=S) groups is 1. The Morgan fingerprint density at radius 2 is 2.14 bits per heavy atom. The van der Waals surface area contributed by atoms with E-state index in [-0.39, 0.29) is 21.0 Å². The summed E-state index contributed by atoms with van der Waals surface area (Å²) in [6.07, 6.45) is 0. The molecule has 2 aromatic heterocycles. The topological polar surface area (TPSA) is 107 Å². The van der Waals surface area contributed by atoms with E-state index in [9.17, 15) is 8.42 Å². The molecule has 3 N–H and O–H groups in total. The molecule has 0 atom stereocenters. The number of aryl methyl sites for hydroxylation is 1. The van der Waals surface area contributed by atoms with Crippen molar-refractivity contribution in [3.8, 4) is 5.88 Å². The third kappa shape index (κ3) is 3.65. The number of hydrogen-bond acceptors (Lipinski definition) is 7. The fraction of sp³-hybridized carbons (Fsp3) is 0.182. The summed E-state index contributed by atoms with van der Waals surface area (Å²) < 4.78 is 31.8. The molecule has 0 saturated carbocycles. The molecular weight excluding hydrogens is 332 g/mol. The van der Waals surface area contributed by atoms with Gasteiger partial charge in [0.05, 0.1) is 12.0 Å². The third-order valence-corrected chi connectivity index (χ3v) is 5.64. The van der Waals surface area contributed by atoms with Gasteiger partial charge in [-0.15, -0.1) is 11.3 Å². The largest absolute Gasteiger partial charge is 0.481 e. The zero-order valence-electron chi connectivity index (χ0n) is 11.2. The lowest BCUT2D eigenvalue weighted by molar-refractivity contribution is 0.397. The van der Waals surface area contributed by atoms with Gasteiger partial charge in [0.2, 0.25) is 11.8 Å². The summed E-state index contributed by atoms with van der Waals surface area (Å²) in [5.74, 6) is 0.215. The van der Waals surface area contributed by atoms with Crippen molar-refractivity contribution in [2.75, 3.05) is 11.8 Å². The molecule has 0 spiro atoms. The van der Waals surface area contributed by atoms with Crippen molar-refractivity contribution >= 4 is 44.5 Å². The van der Waals surface area contributed by atoms with Crippen molar-refractivity contribution in [3.63, 3.8) is 0 Å². The predicted molar refractivity (Wildman–Crippen MR) is 84.3 cm³/mol. The number of anilines is 1. The quantitative estimate of drug-likeness (QED) is 0.787. The van der Waals surface area contributed by atoms with E-state index in [2.05, 4.69) is 14.7 Å². The number of methoxy groups -OCH3 is 1. The van der Waals surface area contributed by atoms with Crippen LogP contribution in [0.1, 0.15) is 10.6 Å². The SMILES string of the molecule is COc1cc(C)nc(NS(=O)(=O)c2ccc(C(N)=S)s2)n1. The van der Waals surface area contributed by atoms with Crippen molar-refractivity contribution < 1.29 is 13.2 Å². The molecule has 7 nitrogen and oxygen atoms in total. The summed E-state index contributed by atoms with van der Waals surface area (Å²) in [5.41, 5.74) is 6.04. The fourth-order valence-corrected chi connectivity index (χ4v) is 3.75. The van der Waals surface area contributed by atoms with Gasteiger partial charge in [0, 0.05) is 11.8 Å². The summed E-state index contributed by atoms with van der Waals surface area (Å²) in [6, 6.07) is 4.57. The van der Waals surface area contributed by atoms with Crippen LogP contribution in [-0.2, 0) is 10.0 Å². The first-order chi connectivity index (χ1) is 9.81. The highest BCUT2D eigenvalue weighted by Gasteiger charge is 2.19. The average molecular weight is 344 g/mol. The number of rotatable bonds is 5. The molecule has 10 heteroatoms. The predicted octanol–water partition coefficient (Wildman–Crippen LogP) is 1.29. The lowest BCUT2D eigenvalue weighted by atomic mass is 10.4. The molecule has 0 aliphatic heterocycles. The van der Waals surface area contributed by atoms with Gasteiger partial charge in [-0.1, -0.05) is 12.2 Å². The van der Waals surface area contributed by atoms with E-state index in [0.717, 1.165) is 11.3 Å². The van der Waals surface area contributed by atoms with Crippen LogP contribution in [0.3, 0.4) is 0 Å². The van der Waals surface area contributed by atoms with E-state index >= 15 is 0 Å². The van der Waals surface area contributed by atoms with Crippen LogP contribution < -0.4 is 15.2 Å². The zero-order chi connectivity index (χ0) is 15.6. The number of nitrogens with zero attached hydrogens (tertiary/aromatic N) is 2. The van der Waals surface area contributed by atoms with Gasteiger partial charge in [0.15, 0.2) is 0 Å². The maximum absolute atomic E-state index is 12.2. The number of aromatic nitrogens is 2. The number of ether oxygens (including phenoxy) is 1. The smallest absolute Gasteiger partial charge is 0.273 e. The number of sulfonamides is 1. The summed E-state index contributed by atoms with van der Waals surface area (Å²) in [5, 5.41) is 0. The maximum Gasteiger partial charge on any atom is 0.273 e. The third-order valence-electron chi connectivity index (χ3n) is 2.35. The van der Waals surface area contributed by atoms with Gasteiger partial charge in [-0.05, 0) is 19.1 Å². The molecule has 0 radical (unpaired) electrons. The maximum atomic E-state index is 12.2. The highest BCUT2D eigenvalue weighted by atomic mass is 32.2. The van der Waals surface area contributed by atoms with Gasteiger partial charge < -0.3 is 10.5 Å². The Morgan fingerprint density at radius 1 is 1.43 bits per heavy atom. The monoisotopic (exact) mass is 344 g/mol. The van der Waals surface area contributed by atoms with Crippen LogP contribution in [0.4, 0.5) is 5.95 Å². The fourth-order valence-electron chi connectivity index (χ4n) is 1.46. The van der Waals surface area contributed by atoms with Crippen LogP contribution in [0, 0.1) is 6.92 Å². The molecule has 112 valence electrons. The molecule has 0 aliphatic carbocycles. The summed E-state index contributed by atoms with van der Waals surface area (Å²) in [6.45, 7) is 1.71. The molecule has 21 heavy (non-hydrogen) atoms. The minimum absolute atomic E-state index is 0.0582.